The lowest BCUT2D eigenvalue weighted by Crippen LogP contribution is -2.11. The van der Waals surface area contributed by atoms with E-state index in [0.29, 0.717) is 5.92 Å². The zero-order chi connectivity index (χ0) is 13.0. The molecule has 0 amide bonds. The van der Waals surface area contributed by atoms with Crippen molar-refractivity contribution in [1.29, 1.82) is 0 Å². The van der Waals surface area contributed by atoms with Crippen LogP contribution in [0, 0.1) is 12.8 Å². The summed E-state index contributed by atoms with van der Waals surface area (Å²) in [5, 5.41) is 9.60. The van der Waals surface area contributed by atoms with E-state index < -0.39 is 0 Å². The Labute approximate surface area is 118 Å². The van der Waals surface area contributed by atoms with Crippen molar-refractivity contribution in [3.63, 3.8) is 0 Å². The van der Waals surface area contributed by atoms with E-state index >= 15 is 0 Å². The van der Waals surface area contributed by atoms with Gasteiger partial charge >= 0.3 is 0 Å². The molecule has 1 aliphatic rings. The predicted molar refractivity (Wildman–Crippen MR) is 80.5 cm³/mol. The second-order valence-corrected chi connectivity index (χ2v) is 6.09. The molecule has 2 heteroatoms. The van der Waals surface area contributed by atoms with Gasteiger partial charge in [-0.25, -0.2) is 0 Å². The minimum Gasteiger partial charge on any atom is -0.392 e. The third-order valence-electron chi connectivity index (χ3n) is 3.81. The minimum absolute atomic E-state index is 0.185. The molecule has 1 saturated carbocycles. The van der Waals surface area contributed by atoms with E-state index in [0.717, 1.165) is 4.47 Å². The van der Waals surface area contributed by atoms with Gasteiger partial charge in [0.2, 0.25) is 0 Å². The molecule has 2 rings (SSSR count). The second kappa shape index (κ2) is 6.53. The standard InChI is InChI=1S/C16H21BrO/c1-12-7-8-14(16(17)9-12)10-15(11-18)13-5-3-2-4-6-13/h7-10,13,18H,2-6,11H2,1H3/b15-10-. The first-order valence-corrected chi connectivity index (χ1v) is 7.57. The molecule has 0 aliphatic heterocycles. The van der Waals surface area contributed by atoms with Crippen molar-refractivity contribution < 1.29 is 5.11 Å². The van der Waals surface area contributed by atoms with Crippen LogP contribution >= 0.6 is 15.9 Å². The number of halogens is 1. The van der Waals surface area contributed by atoms with Crippen LogP contribution in [-0.2, 0) is 0 Å². The summed E-state index contributed by atoms with van der Waals surface area (Å²) in [5.41, 5.74) is 3.62. The van der Waals surface area contributed by atoms with E-state index in [2.05, 4.69) is 47.1 Å². The molecule has 0 atom stereocenters. The Bertz CT molecular complexity index is 431. The zero-order valence-electron chi connectivity index (χ0n) is 11.0. The van der Waals surface area contributed by atoms with Crippen molar-refractivity contribution in [3.8, 4) is 0 Å². The summed E-state index contributed by atoms with van der Waals surface area (Å²) >= 11 is 3.60. The summed E-state index contributed by atoms with van der Waals surface area (Å²) in [6, 6.07) is 6.37. The fourth-order valence-corrected chi connectivity index (χ4v) is 3.32. The molecule has 0 spiro atoms. The van der Waals surface area contributed by atoms with Crippen molar-refractivity contribution in [2.45, 2.75) is 39.0 Å². The molecule has 1 N–H and O–H groups in total. The van der Waals surface area contributed by atoms with Crippen molar-refractivity contribution in [1.82, 2.24) is 0 Å². The van der Waals surface area contributed by atoms with Gasteiger partial charge < -0.3 is 5.11 Å². The van der Waals surface area contributed by atoms with Crippen LogP contribution in [0.1, 0.15) is 43.2 Å². The van der Waals surface area contributed by atoms with E-state index in [4.69, 9.17) is 0 Å². The van der Waals surface area contributed by atoms with Crippen LogP contribution in [-0.4, -0.2) is 11.7 Å². The molecule has 0 unspecified atom stereocenters. The molecule has 1 aromatic rings. The van der Waals surface area contributed by atoms with Crippen molar-refractivity contribution >= 4 is 22.0 Å². The van der Waals surface area contributed by atoms with Crippen LogP contribution in [0.3, 0.4) is 0 Å². The van der Waals surface area contributed by atoms with Gasteiger partial charge in [-0.15, -0.1) is 0 Å². The Balaban J connectivity index is 2.22. The van der Waals surface area contributed by atoms with Gasteiger partial charge in [0, 0.05) is 4.47 Å². The van der Waals surface area contributed by atoms with Crippen molar-refractivity contribution in [2.75, 3.05) is 6.61 Å². The molecular weight excluding hydrogens is 288 g/mol. The first-order valence-electron chi connectivity index (χ1n) is 6.78. The fourth-order valence-electron chi connectivity index (χ4n) is 2.71. The molecule has 0 saturated heterocycles. The number of aliphatic hydroxyl groups is 1. The minimum atomic E-state index is 0.185. The maximum Gasteiger partial charge on any atom is 0.0647 e. The molecule has 1 aromatic carbocycles. The molecule has 18 heavy (non-hydrogen) atoms. The van der Waals surface area contributed by atoms with Gasteiger partial charge in [0.15, 0.2) is 0 Å². The number of hydrogen-bond acceptors (Lipinski definition) is 1. The Morgan fingerprint density at radius 2 is 2.06 bits per heavy atom. The van der Waals surface area contributed by atoms with Crippen LogP contribution in [0.15, 0.2) is 28.2 Å². The first kappa shape index (κ1) is 13.8. The molecule has 0 aromatic heterocycles. The Kier molecular flexibility index (Phi) is 5.02. The van der Waals surface area contributed by atoms with Crippen molar-refractivity contribution in [2.24, 2.45) is 5.92 Å². The molecule has 0 radical (unpaired) electrons. The lowest BCUT2D eigenvalue weighted by atomic mass is 9.83. The Morgan fingerprint density at radius 3 is 2.67 bits per heavy atom. The topological polar surface area (TPSA) is 20.2 Å². The van der Waals surface area contributed by atoms with Gasteiger partial charge in [-0.1, -0.05) is 53.4 Å². The van der Waals surface area contributed by atoms with Gasteiger partial charge in [-0.2, -0.15) is 0 Å². The van der Waals surface area contributed by atoms with Crippen LogP contribution in [0.25, 0.3) is 6.08 Å². The maximum absolute atomic E-state index is 9.60. The average molecular weight is 309 g/mol. The van der Waals surface area contributed by atoms with E-state index in [1.54, 1.807) is 0 Å². The number of hydrogen-bond donors (Lipinski definition) is 1. The van der Waals surface area contributed by atoms with Gasteiger partial charge in [-0.05, 0) is 48.4 Å². The highest BCUT2D eigenvalue weighted by Gasteiger charge is 2.17. The molecule has 1 fully saturated rings. The van der Waals surface area contributed by atoms with Crippen LogP contribution in [0.4, 0.5) is 0 Å². The van der Waals surface area contributed by atoms with Gasteiger partial charge in [0.1, 0.15) is 0 Å². The van der Waals surface area contributed by atoms with E-state index in [1.165, 1.54) is 48.8 Å². The van der Waals surface area contributed by atoms with Gasteiger partial charge in [0.25, 0.3) is 0 Å². The smallest absolute Gasteiger partial charge is 0.0647 e. The van der Waals surface area contributed by atoms with E-state index in [1.807, 2.05) is 0 Å². The molecule has 0 bridgehead atoms. The molecule has 0 heterocycles. The second-order valence-electron chi connectivity index (χ2n) is 5.24. The average Bonchev–Trinajstić information content (AvgIpc) is 2.39. The number of aryl methyl sites for hydroxylation is 1. The number of rotatable bonds is 3. The highest BCUT2D eigenvalue weighted by Crippen LogP contribution is 2.31. The number of aliphatic hydroxyl groups excluding tert-OH is 1. The highest BCUT2D eigenvalue weighted by atomic mass is 79.9. The van der Waals surface area contributed by atoms with Crippen LogP contribution in [0.5, 0.6) is 0 Å². The predicted octanol–water partition coefficient (Wildman–Crippen LogP) is 4.71. The van der Waals surface area contributed by atoms with Gasteiger partial charge in [0.05, 0.1) is 6.61 Å². The summed E-state index contributed by atoms with van der Waals surface area (Å²) in [6.45, 7) is 2.28. The Morgan fingerprint density at radius 1 is 1.33 bits per heavy atom. The van der Waals surface area contributed by atoms with Gasteiger partial charge in [-0.3, -0.25) is 0 Å². The fraction of sp³-hybridized carbons (Fsp3) is 0.500. The summed E-state index contributed by atoms with van der Waals surface area (Å²) in [6.07, 6.45) is 8.59. The molecule has 1 aliphatic carbocycles. The summed E-state index contributed by atoms with van der Waals surface area (Å²) in [7, 11) is 0. The Hall–Kier alpha value is -0.600. The monoisotopic (exact) mass is 308 g/mol. The quantitative estimate of drug-likeness (QED) is 0.857. The van der Waals surface area contributed by atoms with E-state index in [9.17, 15) is 5.11 Å². The lowest BCUT2D eigenvalue weighted by Gasteiger charge is -2.23. The first-order chi connectivity index (χ1) is 8.70. The van der Waals surface area contributed by atoms with Crippen LogP contribution < -0.4 is 0 Å². The summed E-state index contributed by atoms with van der Waals surface area (Å²) in [5.74, 6) is 0.581. The number of benzene rings is 1. The lowest BCUT2D eigenvalue weighted by molar-refractivity contribution is 0.295. The molecular formula is C16H21BrO. The normalized spacial score (nSPS) is 18.1. The van der Waals surface area contributed by atoms with Crippen LogP contribution in [0.2, 0.25) is 0 Å². The SMILES string of the molecule is Cc1ccc(/C=C(/CO)C2CCCCC2)c(Br)c1. The molecule has 98 valence electrons. The largest absolute Gasteiger partial charge is 0.392 e. The summed E-state index contributed by atoms with van der Waals surface area (Å²) in [4.78, 5) is 0. The summed E-state index contributed by atoms with van der Waals surface area (Å²) < 4.78 is 1.12. The third kappa shape index (κ3) is 3.46. The van der Waals surface area contributed by atoms with E-state index in [-0.39, 0.29) is 6.61 Å². The third-order valence-corrected chi connectivity index (χ3v) is 4.50. The van der Waals surface area contributed by atoms with Crippen molar-refractivity contribution in [3.05, 3.63) is 39.4 Å². The molecule has 1 nitrogen and oxygen atoms in total. The maximum atomic E-state index is 9.60. The zero-order valence-corrected chi connectivity index (χ0v) is 12.5. The highest BCUT2D eigenvalue weighted by molar-refractivity contribution is 9.10.